The van der Waals surface area contributed by atoms with Gasteiger partial charge in [-0.05, 0) is 42.2 Å². The molecule has 0 saturated heterocycles. The number of hydrogen-bond acceptors (Lipinski definition) is 2. The molecule has 0 aliphatic rings. The predicted octanol–water partition coefficient (Wildman–Crippen LogP) is 3.59. The molecule has 0 aliphatic heterocycles. The first kappa shape index (κ1) is 14.4. The van der Waals surface area contributed by atoms with Gasteiger partial charge in [0.1, 0.15) is 0 Å². The molecule has 0 saturated carbocycles. The van der Waals surface area contributed by atoms with E-state index in [1.165, 1.54) is 0 Å². The molecule has 20 heavy (non-hydrogen) atoms. The SMILES string of the molecule is CC(C)CC(C)NC(=O)c1cc2ccccc2cc1N. The van der Waals surface area contributed by atoms with Crippen molar-refractivity contribution in [3.63, 3.8) is 0 Å². The zero-order valence-electron chi connectivity index (χ0n) is 12.3. The summed E-state index contributed by atoms with van der Waals surface area (Å²) in [5.74, 6) is 0.459. The van der Waals surface area contributed by atoms with Crippen LogP contribution in [0.15, 0.2) is 36.4 Å². The van der Waals surface area contributed by atoms with Crippen LogP contribution in [0.3, 0.4) is 0 Å². The molecular formula is C17H22N2O. The highest BCUT2D eigenvalue weighted by molar-refractivity contribution is 6.04. The summed E-state index contributed by atoms with van der Waals surface area (Å²) in [6.45, 7) is 6.31. The van der Waals surface area contributed by atoms with Crippen molar-refractivity contribution >= 4 is 22.4 Å². The van der Waals surface area contributed by atoms with E-state index in [4.69, 9.17) is 5.73 Å². The summed E-state index contributed by atoms with van der Waals surface area (Å²) in [5, 5.41) is 5.10. The highest BCUT2D eigenvalue weighted by Crippen LogP contribution is 2.22. The Morgan fingerprint density at radius 1 is 1.15 bits per heavy atom. The van der Waals surface area contributed by atoms with Gasteiger partial charge >= 0.3 is 0 Å². The van der Waals surface area contributed by atoms with Gasteiger partial charge < -0.3 is 11.1 Å². The van der Waals surface area contributed by atoms with Gasteiger partial charge in [0.05, 0.1) is 5.56 Å². The second-order valence-corrected chi connectivity index (χ2v) is 5.79. The summed E-state index contributed by atoms with van der Waals surface area (Å²) in [7, 11) is 0. The fraction of sp³-hybridized carbons (Fsp3) is 0.353. The number of fused-ring (bicyclic) bond motifs is 1. The Hall–Kier alpha value is -2.03. The van der Waals surface area contributed by atoms with E-state index in [9.17, 15) is 4.79 Å². The minimum absolute atomic E-state index is 0.0959. The Labute approximate surface area is 120 Å². The third-order valence-electron chi connectivity index (χ3n) is 3.36. The molecule has 106 valence electrons. The van der Waals surface area contributed by atoms with Gasteiger partial charge in [-0.25, -0.2) is 0 Å². The molecule has 2 rings (SSSR count). The van der Waals surface area contributed by atoms with Crippen molar-refractivity contribution in [2.24, 2.45) is 5.92 Å². The van der Waals surface area contributed by atoms with E-state index >= 15 is 0 Å². The molecule has 0 spiro atoms. The van der Waals surface area contributed by atoms with E-state index in [0.29, 0.717) is 17.2 Å². The number of carbonyl (C=O) groups is 1. The van der Waals surface area contributed by atoms with E-state index in [0.717, 1.165) is 17.2 Å². The normalized spacial score (nSPS) is 12.6. The Balaban J connectivity index is 2.23. The van der Waals surface area contributed by atoms with Gasteiger partial charge in [0.25, 0.3) is 5.91 Å². The Kier molecular flexibility index (Phi) is 4.28. The topological polar surface area (TPSA) is 55.1 Å². The lowest BCUT2D eigenvalue weighted by molar-refractivity contribution is 0.0937. The molecule has 0 aromatic heterocycles. The van der Waals surface area contributed by atoms with Crippen molar-refractivity contribution in [2.45, 2.75) is 33.2 Å². The van der Waals surface area contributed by atoms with Crippen LogP contribution in [0.1, 0.15) is 37.6 Å². The lowest BCUT2D eigenvalue weighted by atomic mass is 10.0. The quantitative estimate of drug-likeness (QED) is 0.834. The third-order valence-corrected chi connectivity index (χ3v) is 3.36. The maximum atomic E-state index is 12.3. The van der Waals surface area contributed by atoms with Crippen molar-refractivity contribution in [3.05, 3.63) is 42.0 Å². The van der Waals surface area contributed by atoms with Crippen LogP contribution in [0.5, 0.6) is 0 Å². The maximum Gasteiger partial charge on any atom is 0.253 e. The van der Waals surface area contributed by atoms with Crippen LogP contribution in [0.2, 0.25) is 0 Å². The highest BCUT2D eigenvalue weighted by Gasteiger charge is 2.14. The van der Waals surface area contributed by atoms with Gasteiger partial charge in [0.2, 0.25) is 0 Å². The highest BCUT2D eigenvalue weighted by atomic mass is 16.1. The lowest BCUT2D eigenvalue weighted by Crippen LogP contribution is -2.33. The number of anilines is 1. The van der Waals surface area contributed by atoms with E-state index in [1.807, 2.05) is 43.3 Å². The van der Waals surface area contributed by atoms with Gasteiger partial charge in [-0.1, -0.05) is 38.1 Å². The number of benzene rings is 2. The maximum absolute atomic E-state index is 12.3. The summed E-state index contributed by atoms with van der Waals surface area (Å²) in [4.78, 5) is 12.3. The standard InChI is InChI=1S/C17H22N2O/c1-11(2)8-12(3)19-17(20)15-9-13-6-4-5-7-14(13)10-16(15)18/h4-7,9-12H,8,18H2,1-3H3,(H,19,20). The number of hydrogen-bond donors (Lipinski definition) is 2. The summed E-state index contributed by atoms with van der Waals surface area (Å²) in [5.41, 5.74) is 7.08. The molecule has 0 bridgehead atoms. The fourth-order valence-electron chi connectivity index (χ4n) is 2.52. The molecule has 0 radical (unpaired) electrons. The molecular weight excluding hydrogens is 248 g/mol. The molecule has 3 heteroatoms. The van der Waals surface area contributed by atoms with Crippen molar-refractivity contribution < 1.29 is 4.79 Å². The largest absolute Gasteiger partial charge is 0.398 e. The Morgan fingerprint density at radius 2 is 1.75 bits per heavy atom. The van der Waals surface area contributed by atoms with Crippen molar-refractivity contribution in [3.8, 4) is 0 Å². The monoisotopic (exact) mass is 270 g/mol. The Bertz CT molecular complexity index is 619. The number of carbonyl (C=O) groups excluding carboxylic acids is 1. The molecule has 0 fully saturated rings. The van der Waals surface area contributed by atoms with Gasteiger partial charge in [-0.15, -0.1) is 0 Å². The van der Waals surface area contributed by atoms with E-state index < -0.39 is 0 Å². The third kappa shape index (κ3) is 3.29. The number of rotatable bonds is 4. The molecule has 3 N–H and O–H groups in total. The average molecular weight is 270 g/mol. The first-order valence-electron chi connectivity index (χ1n) is 7.06. The second-order valence-electron chi connectivity index (χ2n) is 5.79. The summed E-state index contributed by atoms with van der Waals surface area (Å²) < 4.78 is 0. The number of nitrogen functional groups attached to an aromatic ring is 1. The summed E-state index contributed by atoms with van der Waals surface area (Å²) >= 11 is 0. The molecule has 1 amide bonds. The van der Waals surface area contributed by atoms with Crippen molar-refractivity contribution in [1.29, 1.82) is 0 Å². The molecule has 0 heterocycles. The van der Waals surface area contributed by atoms with E-state index in [1.54, 1.807) is 0 Å². The van der Waals surface area contributed by atoms with E-state index in [-0.39, 0.29) is 11.9 Å². The van der Waals surface area contributed by atoms with Gasteiger partial charge in [-0.3, -0.25) is 4.79 Å². The smallest absolute Gasteiger partial charge is 0.253 e. The van der Waals surface area contributed by atoms with Crippen LogP contribution in [0, 0.1) is 5.92 Å². The average Bonchev–Trinajstić information content (AvgIpc) is 2.36. The van der Waals surface area contributed by atoms with Crippen molar-refractivity contribution in [2.75, 3.05) is 5.73 Å². The van der Waals surface area contributed by atoms with Gasteiger partial charge in [-0.2, -0.15) is 0 Å². The first-order chi connectivity index (χ1) is 9.47. The van der Waals surface area contributed by atoms with Crippen LogP contribution >= 0.6 is 0 Å². The first-order valence-corrected chi connectivity index (χ1v) is 7.06. The van der Waals surface area contributed by atoms with Crippen molar-refractivity contribution in [1.82, 2.24) is 5.32 Å². The lowest BCUT2D eigenvalue weighted by Gasteiger charge is -2.17. The zero-order valence-corrected chi connectivity index (χ0v) is 12.3. The predicted molar refractivity (Wildman–Crippen MR) is 84.7 cm³/mol. The summed E-state index contributed by atoms with van der Waals surface area (Å²) in [6.07, 6.45) is 0.958. The van der Waals surface area contributed by atoms with Crippen LogP contribution in [0.25, 0.3) is 10.8 Å². The van der Waals surface area contributed by atoms with E-state index in [2.05, 4.69) is 19.2 Å². The summed E-state index contributed by atoms with van der Waals surface area (Å²) in [6, 6.07) is 11.8. The van der Waals surface area contributed by atoms with Crippen LogP contribution < -0.4 is 11.1 Å². The van der Waals surface area contributed by atoms with Crippen LogP contribution in [-0.2, 0) is 0 Å². The van der Waals surface area contributed by atoms with Gasteiger partial charge in [0.15, 0.2) is 0 Å². The van der Waals surface area contributed by atoms with Crippen LogP contribution in [0.4, 0.5) is 5.69 Å². The fourth-order valence-corrected chi connectivity index (χ4v) is 2.52. The zero-order chi connectivity index (χ0) is 14.7. The minimum atomic E-state index is -0.0959. The minimum Gasteiger partial charge on any atom is -0.398 e. The van der Waals surface area contributed by atoms with Crippen LogP contribution in [-0.4, -0.2) is 11.9 Å². The second kappa shape index (κ2) is 5.95. The molecule has 1 unspecified atom stereocenters. The van der Waals surface area contributed by atoms with Gasteiger partial charge in [0, 0.05) is 11.7 Å². The molecule has 1 atom stereocenters. The molecule has 3 nitrogen and oxygen atoms in total. The molecule has 0 aliphatic carbocycles. The molecule has 2 aromatic carbocycles. The Morgan fingerprint density at radius 3 is 2.35 bits per heavy atom. The molecule has 2 aromatic rings. The number of nitrogens with two attached hydrogens (primary N) is 1. The number of amides is 1. The number of nitrogens with one attached hydrogen (secondary N) is 1.